The number of benzene rings is 1. The summed E-state index contributed by atoms with van der Waals surface area (Å²) in [6.07, 6.45) is 0. The van der Waals surface area contributed by atoms with Crippen LogP contribution < -0.4 is 5.73 Å². The lowest BCUT2D eigenvalue weighted by molar-refractivity contribution is 0.174. The third-order valence-corrected chi connectivity index (χ3v) is 3.99. The third-order valence-electron chi connectivity index (χ3n) is 3.08. The van der Waals surface area contributed by atoms with Crippen LogP contribution in [0.1, 0.15) is 17.5 Å². The second kappa shape index (κ2) is 8.90. The van der Waals surface area contributed by atoms with Crippen LogP contribution in [-0.4, -0.2) is 32.0 Å². The molecule has 2 N–H and O–H groups in total. The first-order valence-corrected chi connectivity index (χ1v) is 8.03. The molecule has 0 aliphatic heterocycles. The highest BCUT2D eigenvalue weighted by Gasteiger charge is 2.15. The Morgan fingerprint density at radius 1 is 1.28 bits per heavy atom. The van der Waals surface area contributed by atoms with Crippen molar-refractivity contribution < 1.29 is 13.7 Å². The minimum Gasteiger partial charge on any atom is -0.377 e. The van der Waals surface area contributed by atoms with E-state index in [1.54, 1.807) is 23.8 Å². The molecule has 1 aromatic carbocycles. The quantitative estimate of drug-likeness (QED) is 0.615. The minimum absolute atomic E-state index is 0. The molecule has 0 amide bonds. The van der Waals surface area contributed by atoms with Crippen LogP contribution in [0, 0.1) is 5.82 Å². The van der Waals surface area contributed by atoms with Gasteiger partial charge in [-0.25, -0.2) is 4.39 Å². The number of nitrogens with zero attached hydrogens (tertiary/aromatic N) is 5. The van der Waals surface area contributed by atoms with E-state index < -0.39 is 0 Å². The van der Waals surface area contributed by atoms with E-state index in [0.717, 1.165) is 5.69 Å². The molecule has 2 heterocycles. The molecule has 3 aromatic rings. The van der Waals surface area contributed by atoms with E-state index in [1.807, 2.05) is 0 Å². The Bertz CT molecular complexity index is 810. The van der Waals surface area contributed by atoms with Crippen molar-refractivity contribution in [3.8, 4) is 5.69 Å². The maximum atomic E-state index is 13.1. The smallest absolute Gasteiger partial charge is 0.237 e. The molecule has 0 bridgehead atoms. The molecule has 2 aromatic heterocycles. The first-order chi connectivity index (χ1) is 11.7. The number of thioether (sulfide) groups is 1. The van der Waals surface area contributed by atoms with Crippen molar-refractivity contribution in [2.24, 2.45) is 5.73 Å². The number of hydrogen-bond donors (Lipinski definition) is 1. The molecular formula is C14H16ClFN6O2S. The van der Waals surface area contributed by atoms with Crippen molar-refractivity contribution >= 4 is 24.2 Å². The Balaban J connectivity index is 0.00000225. The zero-order chi connectivity index (χ0) is 16.9. The molecule has 0 unspecified atom stereocenters. The fourth-order valence-electron chi connectivity index (χ4n) is 2.04. The fourth-order valence-corrected chi connectivity index (χ4v) is 2.85. The van der Waals surface area contributed by atoms with Gasteiger partial charge in [0.15, 0.2) is 16.8 Å². The van der Waals surface area contributed by atoms with Crippen molar-refractivity contribution in [2.45, 2.75) is 24.1 Å². The Morgan fingerprint density at radius 2 is 2.04 bits per heavy atom. The van der Waals surface area contributed by atoms with Crippen LogP contribution in [0.4, 0.5) is 4.39 Å². The van der Waals surface area contributed by atoms with E-state index in [2.05, 4.69) is 20.3 Å². The zero-order valence-electron chi connectivity index (χ0n) is 13.3. The summed E-state index contributed by atoms with van der Waals surface area (Å²) in [7, 11) is 1.56. The Morgan fingerprint density at radius 3 is 2.72 bits per heavy atom. The summed E-state index contributed by atoms with van der Waals surface area (Å²) >= 11 is 1.37. The van der Waals surface area contributed by atoms with Crippen molar-refractivity contribution in [3.63, 3.8) is 0 Å². The number of aromatic nitrogens is 5. The first kappa shape index (κ1) is 19.3. The van der Waals surface area contributed by atoms with Crippen LogP contribution in [0.5, 0.6) is 0 Å². The molecule has 0 saturated heterocycles. The highest BCUT2D eigenvalue weighted by Crippen LogP contribution is 2.25. The van der Waals surface area contributed by atoms with Crippen molar-refractivity contribution in [3.05, 3.63) is 47.6 Å². The summed E-state index contributed by atoms with van der Waals surface area (Å²) in [4.78, 5) is 4.20. The van der Waals surface area contributed by atoms with Gasteiger partial charge in [0.05, 0.1) is 12.3 Å². The third kappa shape index (κ3) is 4.54. The van der Waals surface area contributed by atoms with Gasteiger partial charge < -0.3 is 15.0 Å². The van der Waals surface area contributed by atoms with E-state index in [-0.39, 0.29) is 31.4 Å². The van der Waals surface area contributed by atoms with Gasteiger partial charge in [-0.3, -0.25) is 4.57 Å². The maximum absolute atomic E-state index is 13.1. The van der Waals surface area contributed by atoms with Crippen LogP contribution in [0.3, 0.4) is 0 Å². The highest BCUT2D eigenvalue weighted by molar-refractivity contribution is 7.98. The zero-order valence-corrected chi connectivity index (χ0v) is 14.9. The van der Waals surface area contributed by atoms with Gasteiger partial charge in [-0.05, 0) is 24.3 Å². The van der Waals surface area contributed by atoms with Crippen LogP contribution in [-0.2, 0) is 23.6 Å². The predicted octanol–water partition coefficient (Wildman–Crippen LogP) is 2.11. The number of ether oxygens (including phenoxy) is 1. The average Bonchev–Trinajstić information content (AvgIpc) is 3.20. The number of nitrogens with two attached hydrogens (primary N) is 1. The van der Waals surface area contributed by atoms with Crippen LogP contribution in [0.15, 0.2) is 33.9 Å². The summed E-state index contributed by atoms with van der Waals surface area (Å²) < 4.78 is 25.0. The van der Waals surface area contributed by atoms with E-state index >= 15 is 0 Å². The summed E-state index contributed by atoms with van der Waals surface area (Å²) in [5.41, 5.74) is 6.45. The molecule has 0 fully saturated rings. The maximum Gasteiger partial charge on any atom is 0.237 e. The minimum atomic E-state index is -0.313. The first-order valence-electron chi connectivity index (χ1n) is 7.04. The second-order valence-electron chi connectivity index (χ2n) is 4.74. The largest absolute Gasteiger partial charge is 0.377 e. The average molecular weight is 387 g/mol. The standard InChI is InChI=1S/C14H15FN6O2S.ClH/c1-22-7-11-17-13(23-20-11)8-24-14-19-18-12(6-16)21(14)10-4-2-9(15)3-5-10;/h2-5H,6-8,16H2,1H3;1H. The van der Waals surface area contributed by atoms with E-state index in [9.17, 15) is 4.39 Å². The molecule has 134 valence electrons. The van der Waals surface area contributed by atoms with Gasteiger partial charge in [0.25, 0.3) is 0 Å². The topological polar surface area (TPSA) is 105 Å². The van der Waals surface area contributed by atoms with Crippen LogP contribution in [0.2, 0.25) is 0 Å². The molecule has 0 aliphatic carbocycles. The Kier molecular flexibility index (Phi) is 6.88. The predicted molar refractivity (Wildman–Crippen MR) is 91.0 cm³/mol. The lowest BCUT2D eigenvalue weighted by Crippen LogP contribution is -2.07. The van der Waals surface area contributed by atoms with Gasteiger partial charge in [-0.1, -0.05) is 16.9 Å². The number of rotatable bonds is 7. The molecule has 0 aliphatic rings. The van der Waals surface area contributed by atoms with Crippen molar-refractivity contribution in [1.29, 1.82) is 0 Å². The number of hydrogen-bond acceptors (Lipinski definition) is 8. The monoisotopic (exact) mass is 386 g/mol. The fraction of sp³-hybridized carbons (Fsp3) is 0.286. The van der Waals surface area contributed by atoms with Gasteiger partial charge in [0, 0.05) is 12.8 Å². The van der Waals surface area contributed by atoms with E-state index in [1.165, 1.54) is 23.9 Å². The van der Waals surface area contributed by atoms with Gasteiger partial charge in [0.1, 0.15) is 12.4 Å². The highest BCUT2D eigenvalue weighted by atomic mass is 35.5. The molecule has 0 radical (unpaired) electrons. The lowest BCUT2D eigenvalue weighted by Gasteiger charge is -2.08. The molecule has 11 heteroatoms. The van der Waals surface area contributed by atoms with Gasteiger partial charge in [-0.15, -0.1) is 22.6 Å². The molecule has 0 spiro atoms. The molecule has 25 heavy (non-hydrogen) atoms. The molecule has 0 atom stereocenters. The Labute approximate surface area is 153 Å². The number of methoxy groups -OCH3 is 1. The lowest BCUT2D eigenvalue weighted by atomic mass is 10.3. The van der Waals surface area contributed by atoms with Crippen molar-refractivity contribution in [1.82, 2.24) is 24.9 Å². The van der Waals surface area contributed by atoms with Crippen molar-refractivity contribution in [2.75, 3.05) is 7.11 Å². The second-order valence-corrected chi connectivity index (χ2v) is 5.68. The SMILES string of the molecule is COCc1noc(CSc2nnc(CN)n2-c2ccc(F)cc2)n1.Cl. The van der Waals surface area contributed by atoms with Crippen LogP contribution >= 0.6 is 24.2 Å². The summed E-state index contributed by atoms with van der Waals surface area (Å²) in [6.45, 7) is 0.501. The molecule has 3 rings (SSSR count). The van der Waals surface area contributed by atoms with E-state index in [4.69, 9.17) is 15.0 Å². The molecule has 8 nitrogen and oxygen atoms in total. The summed E-state index contributed by atoms with van der Waals surface area (Å²) in [6, 6.07) is 6.04. The van der Waals surface area contributed by atoms with Gasteiger partial charge in [-0.2, -0.15) is 4.98 Å². The summed E-state index contributed by atoms with van der Waals surface area (Å²) in [5, 5.41) is 12.6. The van der Waals surface area contributed by atoms with Crippen LogP contribution in [0.25, 0.3) is 5.69 Å². The summed E-state index contributed by atoms with van der Waals surface area (Å²) in [5.74, 6) is 1.62. The molecule has 0 saturated carbocycles. The van der Waals surface area contributed by atoms with E-state index in [0.29, 0.717) is 28.4 Å². The Hall–Kier alpha value is -2.01. The molecular weight excluding hydrogens is 371 g/mol. The van der Waals surface area contributed by atoms with Gasteiger partial charge >= 0.3 is 0 Å². The number of halogens is 2. The van der Waals surface area contributed by atoms with Gasteiger partial charge in [0.2, 0.25) is 5.89 Å². The normalized spacial score (nSPS) is 10.7.